The number of nitrogens with zero attached hydrogens (tertiary/aromatic N) is 1. The molecule has 0 spiro atoms. The molecule has 5 nitrogen and oxygen atoms in total. The maximum Gasteiger partial charge on any atom is 0.337 e. The Morgan fingerprint density at radius 1 is 1.22 bits per heavy atom. The minimum absolute atomic E-state index is 0.137. The summed E-state index contributed by atoms with van der Waals surface area (Å²) in [5.41, 5.74) is 12.2. The minimum atomic E-state index is -0.311. The van der Waals surface area contributed by atoms with E-state index >= 15 is 0 Å². The number of nitrogens with two attached hydrogens (primary N) is 2. The van der Waals surface area contributed by atoms with Gasteiger partial charge in [0, 0.05) is 6.54 Å². The number of guanidine groups is 1. The van der Waals surface area contributed by atoms with Crippen molar-refractivity contribution >= 4 is 11.9 Å². The van der Waals surface area contributed by atoms with Gasteiger partial charge in [-0.05, 0) is 37.0 Å². The molecule has 0 fully saturated rings. The van der Waals surface area contributed by atoms with E-state index in [9.17, 15) is 4.79 Å². The molecule has 0 amide bonds. The zero-order valence-electron chi connectivity index (χ0n) is 10.6. The average Bonchev–Trinajstić information content (AvgIpc) is 2.38. The first-order chi connectivity index (χ1) is 8.63. The van der Waals surface area contributed by atoms with Gasteiger partial charge in [0.05, 0.1) is 12.7 Å². The van der Waals surface area contributed by atoms with E-state index in [1.54, 1.807) is 12.1 Å². The molecule has 0 aliphatic rings. The summed E-state index contributed by atoms with van der Waals surface area (Å²) in [7, 11) is 1.37. The Labute approximate surface area is 107 Å². The van der Waals surface area contributed by atoms with E-state index in [1.165, 1.54) is 12.7 Å². The first-order valence-electron chi connectivity index (χ1n) is 5.86. The fourth-order valence-corrected chi connectivity index (χ4v) is 1.57. The van der Waals surface area contributed by atoms with Gasteiger partial charge < -0.3 is 16.2 Å². The highest BCUT2D eigenvalue weighted by Crippen LogP contribution is 2.08. The number of hydrogen-bond donors (Lipinski definition) is 2. The highest BCUT2D eigenvalue weighted by molar-refractivity contribution is 5.89. The van der Waals surface area contributed by atoms with Crippen LogP contribution in [0.1, 0.15) is 28.8 Å². The van der Waals surface area contributed by atoms with E-state index in [-0.39, 0.29) is 11.9 Å². The molecule has 0 heterocycles. The van der Waals surface area contributed by atoms with Crippen molar-refractivity contribution in [3.05, 3.63) is 35.4 Å². The number of ether oxygens (including phenoxy) is 1. The first kappa shape index (κ1) is 14.0. The Bertz CT molecular complexity index is 409. The summed E-state index contributed by atoms with van der Waals surface area (Å²) >= 11 is 0. The van der Waals surface area contributed by atoms with Gasteiger partial charge in [0.1, 0.15) is 0 Å². The van der Waals surface area contributed by atoms with E-state index in [1.807, 2.05) is 12.1 Å². The molecule has 0 unspecified atom stereocenters. The molecule has 4 N–H and O–H groups in total. The third-order valence-corrected chi connectivity index (χ3v) is 2.54. The van der Waals surface area contributed by atoms with Crippen LogP contribution in [0.4, 0.5) is 0 Å². The Balaban J connectivity index is 2.35. The van der Waals surface area contributed by atoms with Crippen LogP contribution in [0.25, 0.3) is 0 Å². The van der Waals surface area contributed by atoms with Crippen LogP contribution in [0.5, 0.6) is 0 Å². The fourth-order valence-electron chi connectivity index (χ4n) is 1.57. The normalized spacial score (nSPS) is 9.83. The SMILES string of the molecule is COC(=O)c1ccc(CCCCN=C(N)N)cc1. The second-order valence-corrected chi connectivity index (χ2v) is 3.95. The van der Waals surface area contributed by atoms with Gasteiger partial charge in [0.15, 0.2) is 5.96 Å². The summed E-state index contributed by atoms with van der Waals surface area (Å²) < 4.78 is 4.63. The summed E-state index contributed by atoms with van der Waals surface area (Å²) in [6, 6.07) is 7.42. The quantitative estimate of drug-likeness (QED) is 0.341. The van der Waals surface area contributed by atoms with Crippen LogP contribution in [0.3, 0.4) is 0 Å². The predicted molar refractivity (Wildman–Crippen MR) is 71.4 cm³/mol. The molecule has 5 heteroatoms. The van der Waals surface area contributed by atoms with Crippen LogP contribution in [0, 0.1) is 0 Å². The lowest BCUT2D eigenvalue weighted by Gasteiger charge is -2.02. The highest BCUT2D eigenvalue weighted by Gasteiger charge is 2.03. The number of carbonyl (C=O) groups excluding carboxylic acids is 1. The Morgan fingerprint density at radius 3 is 2.44 bits per heavy atom. The second kappa shape index (κ2) is 7.32. The van der Waals surface area contributed by atoms with E-state index in [0.29, 0.717) is 12.1 Å². The molecular weight excluding hydrogens is 230 g/mol. The molecule has 0 saturated carbocycles. The van der Waals surface area contributed by atoms with Gasteiger partial charge in [0.25, 0.3) is 0 Å². The maximum absolute atomic E-state index is 11.2. The second-order valence-electron chi connectivity index (χ2n) is 3.95. The van der Waals surface area contributed by atoms with Crippen molar-refractivity contribution in [1.29, 1.82) is 0 Å². The van der Waals surface area contributed by atoms with Crippen LogP contribution in [-0.4, -0.2) is 25.6 Å². The van der Waals surface area contributed by atoms with E-state index < -0.39 is 0 Å². The molecule has 0 bridgehead atoms. The Kier molecular flexibility index (Phi) is 5.70. The summed E-state index contributed by atoms with van der Waals surface area (Å²) in [5.74, 6) is -0.174. The van der Waals surface area contributed by atoms with Gasteiger partial charge in [-0.1, -0.05) is 12.1 Å². The van der Waals surface area contributed by atoms with Crippen LogP contribution in [0.15, 0.2) is 29.3 Å². The summed E-state index contributed by atoms with van der Waals surface area (Å²) in [5, 5.41) is 0. The lowest BCUT2D eigenvalue weighted by molar-refractivity contribution is 0.0600. The smallest absolute Gasteiger partial charge is 0.337 e. The predicted octanol–water partition coefficient (Wildman–Crippen LogP) is 1.07. The molecule has 18 heavy (non-hydrogen) atoms. The largest absolute Gasteiger partial charge is 0.465 e. The van der Waals surface area contributed by atoms with Gasteiger partial charge in [-0.3, -0.25) is 4.99 Å². The van der Waals surface area contributed by atoms with E-state index in [4.69, 9.17) is 11.5 Å². The molecule has 1 aromatic rings. The van der Waals surface area contributed by atoms with Gasteiger partial charge in [-0.15, -0.1) is 0 Å². The van der Waals surface area contributed by atoms with Crippen molar-refractivity contribution in [2.75, 3.05) is 13.7 Å². The lowest BCUT2D eigenvalue weighted by Crippen LogP contribution is -2.22. The Hall–Kier alpha value is -2.04. The van der Waals surface area contributed by atoms with Crippen molar-refractivity contribution in [3.8, 4) is 0 Å². The van der Waals surface area contributed by atoms with Gasteiger partial charge in [0.2, 0.25) is 0 Å². The topological polar surface area (TPSA) is 90.7 Å². The molecule has 0 aliphatic heterocycles. The van der Waals surface area contributed by atoms with Gasteiger partial charge in [-0.25, -0.2) is 4.79 Å². The number of esters is 1. The number of rotatable bonds is 6. The molecule has 98 valence electrons. The van der Waals surface area contributed by atoms with Gasteiger partial charge in [-0.2, -0.15) is 0 Å². The van der Waals surface area contributed by atoms with E-state index in [2.05, 4.69) is 9.73 Å². The summed E-state index contributed by atoms with van der Waals surface area (Å²) in [6.07, 6.45) is 2.90. The van der Waals surface area contributed by atoms with Crippen LogP contribution >= 0.6 is 0 Å². The summed E-state index contributed by atoms with van der Waals surface area (Å²) in [6.45, 7) is 0.655. The highest BCUT2D eigenvalue weighted by atomic mass is 16.5. The van der Waals surface area contributed by atoms with Crippen molar-refractivity contribution in [3.63, 3.8) is 0 Å². The fraction of sp³-hybridized carbons (Fsp3) is 0.385. The summed E-state index contributed by atoms with van der Waals surface area (Å²) in [4.78, 5) is 15.1. The number of methoxy groups -OCH3 is 1. The minimum Gasteiger partial charge on any atom is -0.465 e. The number of hydrogen-bond acceptors (Lipinski definition) is 3. The number of aryl methyl sites for hydroxylation is 1. The van der Waals surface area contributed by atoms with Crippen molar-refractivity contribution in [2.45, 2.75) is 19.3 Å². The molecule has 1 aromatic carbocycles. The van der Waals surface area contributed by atoms with Crippen LogP contribution in [0.2, 0.25) is 0 Å². The van der Waals surface area contributed by atoms with Crippen LogP contribution in [-0.2, 0) is 11.2 Å². The van der Waals surface area contributed by atoms with Crippen molar-refractivity contribution in [1.82, 2.24) is 0 Å². The van der Waals surface area contributed by atoms with Gasteiger partial charge >= 0.3 is 5.97 Å². The zero-order valence-corrected chi connectivity index (χ0v) is 10.6. The number of unbranched alkanes of at least 4 members (excludes halogenated alkanes) is 1. The molecule has 1 rings (SSSR count). The maximum atomic E-state index is 11.2. The monoisotopic (exact) mass is 249 g/mol. The Morgan fingerprint density at radius 2 is 1.89 bits per heavy atom. The molecule has 0 atom stereocenters. The third kappa shape index (κ3) is 4.86. The molecule has 0 radical (unpaired) electrons. The third-order valence-electron chi connectivity index (χ3n) is 2.54. The number of benzene rings is 1. The first-order valence-corrected chi connectivity index (χ1v) is 5.86. The zero-order chi connectivity index (χ0) is 13.4. The molecular formula is C13H19N3O2. The standard InChI is InChI=1S/C13H19N3O2/c1-18-12(17)11-7-5-10(6-8-11)4-2-3-9-16-13(14)15/h5-8H,2-4,9H2,1H3,(H4,14,15,16). The molecule has 0 aliphatic carbocycles. The molecule has 0 aromatic heterocycles. The molecule has 0 saturated heterocycles. The van der Waals surface area contributed by atoms with Crippen molar-refractivity contribution < 1.29 is 9.53 Å². The van der Waals surface area contributed by atoms with Crippen LogP contribution < -0.4 is 11.5 Å². The van der Waals surface area contributed by atoms with E-state index in [0.717, 1.165) is 19.3 Å². The number of carbonyl (C=O) groups is 1. The lowest BCUT2D eigenvalue weighted by atomic mass is 10.1. The average molecular weight is 249 g/mol. The van der Waals surface area contributed by atoms with Crippen molar-refractivity contribution in [2.24, 2.45) is 16.5 Å². The number of aliphatic imine (C=N–C) groups is 1.